The average molecular weight is 439 g/mol. The van der Waals surface area contributed by atoms with Crippen molar-refractivity contribution < 1.29 is 10.2 Å². The molecule has 6 nitrogen and oxygen atoms in total. The van der Waals surface area contributed by atoms with Crippen LogP contribution in [0.15, 0.2) is 101 Å². The molecule has 0 atom stereocenters. The van der Waals surface area contributed by atoms with Crippen molar-refractivity contribution in [2.45, 2.75) is 0 Å². The summed E-state index contributed by atoms with van der Waals surface area (Å²) in [6.07, 6.45) is 4.90. The molecule has 0 saturated carbocycles. The quantitative estimate of drug-likeness (QED) is 0.295. The van der Waals surface area contributed by atoms with Crippen LogP contribution in [0.3, 0.4) is 0 Å². The second-order valence-corrected chi connectivity index (χ2v) is 7.86. The summed E-state index contributed by atoms with van der Waals surface area (Å²) in [6, 6.07) is 22.8. The highest BCUT2D eigenvalue weighted by atomic mass is 32.1. The van der Waals surface area contributed by atoms with Crippen molar-refractivity contribution in [1.29, 1.82) is 0 Å². The van der Waals surface area contributed by atoms with Gasteiger partial charge in [-0.25, -0.2) is 9.67 Å². The summed E-state index contributed by atoms with van der Waals surface area (Å²) in [5.74, 6) is -0.414. The van der Waals surface area contributed by atoms with E-state index in [1.54, 1.807) is 29.2 Å². The number of nitrogens with zero attached hydrogens (tertiary/aromatic N) is 4. The summed E-state index contributed by atoms with van der Waals surface area (Å²) in [4.78, 5) is 9.50. The molecule has 0 aliphatic carbocycles. The molecule has 0 unspecified atom stereocenters. The van der Waals surface area contributed by atoms with Gasteiger partial charge in [-0.05, 0) is 35.0 Å². The number of pyridine rings is 1. The van der Waals surface area contributed by atoms with Gasteiger partial charge in [0.25, 0.3) is 0 Å². The Kier molecular flexibility index (Phi) is 5.23. The number of para-hydroxylation sites is 1. The molecule has 156 valence electrons. The third-order valence-electron chi connectivity index (χ3n) is 4.98. The maximum atomic E-state index is 10.2. The Labute approximate surface area is 187 Å². The molecule has 0 fully saturated rings. The van der Waals surface area contributed by atoms with Gasteiger partial charge in [0.2, 0.25) is 4.80 Å². The van der Waals surface area contributed by atoms with Gasteiger partial charge in [0.15, 0.2) is 11.5 Å². The first-order valence-corrected chi connectivity index (χ1v) is 10.8. The Balaban J connectivity index is 1.72. The van der Waals surface area contributed by atoms with Crippen molar-refractivity contribution >= 4 is 34.0 Å². The molecule has 3 aromatic carbocycles. The van der Waals surface area contributed by atoms with Crippen LogP contribution in [0.4, 0.5) is 5.69 Å². The minimum Gasteiger partial charge on any atom is -0.504 e. The van der Waals surface area contributed by atoms with Crippen molar-refractivity contribution in [3.63, 3.8) is 0 Å². The molecular formula is C25H18N4O2S. The molecule has 32 heavy (non-hydrogen) atoms. The van der Waals surface area contributed by atoms with E-state index in [2.05, 4.69) is 34.4 Å². The van der Waals surface area contributed by atoms with Crippen molar-refractivity contribution in [3.8, 4) is 22.8 Å². The van der Waals surface area contributed by atoms with Crippen LogP contribution in [0.25, 0.3) is 22.0 Å². The third-order valence-corrected chi connectivity index (χ3v) is 5.80. The molecule has 5 rings (SSSR count). The molecule has 0 bridgehead atoms. The molecule has 0 saturated heterocycles. The Bertz CT molecular complexity index is 1500. The van der Waals surface area contributed by atoms with Crippen LogP contribution >= 0.6 is 11.3 Å². The van der Waals surface area contributed by atoms with E-state index in [0.717, 1.165) is 22.0 Å². The fourth-order valence-electron chi connectivity index (χ4n) is 3.43. The summed E-state index contributed by atoms with van der Waals surface area (Å²) in [6.45, 7) is 0. The predicted molar refractivity (Wildman–Crippen MR) is 127 cm³/mol. The van der Waals surface area contributed by atoms with Crippen LogP contribution in [0.2, 0.25) is 0 Å². The number of phenols is 2. The van der Waals surface area contributed by atoms with E-state index < -0.39 is 0 Å². The van der Waals surface area contributed by atoms with Gasteiger partial charge in [-0.3, -0.25) is 4.98 Å². The zero-order chi connectivity index (χ0) is 21.9. The molecule has 0 aliphatic heterocycles. The maximum absolute atomic E-state index is 10.2. The van der Waals surface area contributed by atoms with Gasteiger partial charge in [-0.15, -0.1) is 11.3 Å². The molecular weight excluding hydrogens is 420 g/mol. The van der Waals surface area contributed by atoms with E-state index in [9.17, 15) is 10.2 Å². The molecule has 0 radical (unpaired) electrons. The van der Waals surface area contributed by atoms with E-state index >= 15 is 0 Å². The Hall–Kier alpha value is -4.23. The number of phenolic OH excluding ortho intramolecular Hbond substituents is 2. The first kappa shape index (κ1) is 19.7. The molecule has 2 heterocycles. The maximum Gasteiger partial charge on any atom is 0.211 e. The van der Waals surface area contributed by atoms with Gasteiger partial charge in [-0.1, -0.05) is 48.5 Å². The predicted octanol–water partition coefficient (Wildman–Crippen LogP) is 5.29. The molecule has 0 aliphatic rings. The Morgan fingerprint density at radius 3 is 2.62 bits per heavy atom. The lowest BCUT2D eigenvalue weighted by Gasteiger charge is -2.08. The fourth-order valence-corrected chi connectivity index (χ4v) is 4.27. The average Bonchev–Trinajstić information content (AvgIpc) is 3.22. The lowest BCUT2D eigenvalue weighted by molar-refractivity contribution is 0.403. The zero-order valence-electron chi connectivity index (χ0n) is 16.8. The standard InChI is InChI=1S/C25H18N4O2S/c30-23-12-4-8-18(24(23)31)14-27-29-22(16-32-25(29)28-19-9-5-13-26-15-19)21-11-3-7-17-6-1-2-10-20(17)21/h1-16,30-31H. The summed E-state index contributed by atoms with van der Waals surface area (Å²) >= 11 is 1.46. The first-order chi connectivity index (χ1) is 15.7. The summed E-state index contributed by atoms with van der Waals surface area (Å²) in [5.41, 5.74) is 3.00. The van der Waals surface area contributed by atoms with Crippen LogP contribution in [-0.2, 0) is 0 Å². The van der Waals surface area contributed by atoms with E-state index in [1.165, 1.54) is 23.6 Å². The minimum atomic E-state index is -0.218. The number of rotatable bonds is 4. The molecule has 5 aromatic rings. The SMILES string of the molecule is Oc1cccc(C=Nn2c(-c3cccc4ccccc34)csc2=Nc2cccnc2)c1O. The van der Waals surface area contributed by atoms with Crippen LogP contribution < -0.4 is 4.80 Å². The highest BCUT2D eigenvalue weighted by molar-refractivity contribution is 7.07. The van der Waals surface area contributed by atoms with Crippen LogP contribution in [0.1, 0.15) is 5.56 Å². The second kappa shape index (κ2) is 8.49. The van der Waals surface area contributed by atoms with Crippen molar-refractivity contribution in [3.05, 3.63) is 101 Å². The number of benzene rings is 3. The van der Waals surface area contributed by atoms with Gasteiger partial charge in [-0.2, -0.15) is 5.10 Å². The highest BCUT2D eigenvalue weighted by Gasteiger charge is 2.11. The lowest BCUT2D eigenvalue weighted by Crippen LogP contribution is -2.11. The summed E-state index contributed by atoms with van der Waals surface area (Å²) in [7, 11) is 0. The molecule has 2 aromatic heterocycles. The van der Waals surface area contributed by atoms with Crippen molar-refractivity contribution in [2.24, 2.45) is 10.1 Å². The number of aromatic hydroxyl groups is 2. The smallest absolute Gasteiger partial charge is 0.211 e. The van der Waals surface area contributed by atoms with Gasteiger partial charge in [0.05, 0.1) is 23.8 Å². The first-order valence-electron chi connectivity index (χ1n) is 9.89. The molecule has 7 heteroatoms. The van der Waals surface area contributed by atoms with Crippen LogP contribution in [-0.4, -0.2) is 26.1 Å². The van der Waals surface area contributed by atoms with Gasteiger partial charge >= 0.3 is 0 Å². The van der Waals surface area contributed by atoms with E-state index in [-0.39, 0.29) is 11.5 Å². The van der Waals surface area contributed by atoms with E-state index in [4.69, 9.17) is 4.99 Å². The summed E-state index contributed by atoms with van der Waals surface area (Å²) < 4.78 is 1.74. The molecule has 0 amide bonds. The van der Waals surface area contributed by atoms with Gasteiger partial charge in [0.1, 0.15) is 0 Å². The van der Waals surface area contributed by atoms with Gasteiger partial charge < -0.3 is 10.2 Å². The fraction of sp³-hybridized carbons (Fsp3) is 0. The summed E-state index contributed by atoms with van der Waals surface area (Å²) in [5, 5.41) is 28.9. The molecule has 0 spiro atoms. The highest BCUT2D eigenvalue weighted by Crippen LogP contribution is 2.30. The Morgan fingerprint density at radius 1 is 0.906 bits per heavy atom. The lowest BCUT2D eigenvalue weighted by atomic mass is 10.0. The second-order valence-electron chi connectivity index (χ2n) is 7.02. The zero-order valence-corrected chi connectivity index (χ0v) is 17.6. The van der Waals surface area contributed by atoms with Gasteiger partial charge in [0, 0.05) is 22.7 Å². The monoisotopic (exact) mass is 438 g/mol. The van der Waals surface area contributed by atoms with E-state index in [0.29, 0.717) is 16.1 Å². The Morgan fingerprint density at radius 2 is 1.75 bits per heavy atom. The van der Waals surface area contributed by atoms with Crippen molar-refractivity contribution in [2.75, 3.05) is 0 Å². The number of fused-ring (bicyclic) bond motifs is 1. The van der Waals surface area contributed by atoms with Crippen molar-refractivity contribution in [1.82, 2.24) is 9.66 Å². The normalized spacial score (nSPS) is 12.1. The number of thiazole rings is 1. The number of aromatic nitrogens is 2. The number of hydrogen-bond acceptors (Lipinski definition) is 6. The minimum absolute atomic E-state index is 0.196. The topological polar surface area (TPSA) is 83.0 Å². The van der Waals surface area contributed by atoms with Crippen LogP contribution in [0.5, 0.6) is 11.5 Å². The molecule has 2 N–H and O–H groups in total. The third kappa shape index (κ3) is 3.77. The van der Waals surface area contributed by atoms with E-state index in [1.807, 2.05) is 35.7 Å². The number of hydrogen-bond donors (Lipinski definition) is 2. The largest absolute Gasteiger partial charge is 0.504 e. The van der Waals surface area contributed by atoms with Crippen LogP contribution in [0, 0.1) is 0 Å².